The summed E-state index contributed by atoms with van der Waals surface area (Å²) in [6.45, 7) is 6.77. The largest absolute Gasteiger partial charge is 0.375 e. The smallest absolute Gasteiger partial charge is 0.0816 e. The van der Waals surface area contributed by atoms with E-state index in [9.17, 15) is 0 Å². The van der Waals surface area contributed by atoms with Gasteiger partial charge in [0.15, 0.2) is 0 Å². The molecule has 76 valence electrons. The summed E-state index contributed by atoms with van der Waals surface area (Å²) in [5.41, 5.74) is 7.22. The van der Waals surface area contributed by atoms with E-state index in [0.29, 0.717) is 0 Å². The Hall–Kier alpha value is 0.01000. The van der Waals surface area contributed by atoms with Gasteiger partial charge in [-0.2, -0.15) is 11.8 Å². The number of hydrogen-bond acceptors (Lipinski definition) is 3. The molecule has 0 aliphatic carbocycles. The third-order valence-electron chi connectivity index (χ3n) is 2.22. The fourth-order valence-corrected chi connectivity index (χ4v) is 2.31. The van der Waals surface area contributed by atoms with Crippen LogP contribution < -0.4 is 5.73 Å². The lowest BCUT2D eigenvalue weighted by atomic mass is 10.0. The first kappa shape index (κ1) is 11.1. The lowest BCUT2D eigenvalue weighted by molar-refractivity contribution is 0.0552. The van der Waals surface area contributed by atoms with Crippen LogP contribution in [0.4, 0.5) is 0 Å². The summed E-state index contributed by atoms with van der Waals surface area (Å²) < 4.78 is 5.60. The normalized spacial score (nSPS) is 25.5. The fourth-order valence-electron chi connectivity index (χ4n) is 1.35. The van der Waals surface area contributed by atoms with E-state index in [0.717, 1.165) is 31.0 Å². The van der Waals surface area contributed by atoms with E-state index < -0.39 is 0 Å². The van der Waals surface area contributed by atoms with Crippen molar-refractivity contribution in [3.63, 3.8) is 0 Å². The zero-order valence-corrected chi connectivity index (χ0v) is 9.11. The van der Waals surface area contributed by atoms with Crippen LogP contribution in [0.5, 0.6) is 0 Å². The van der Waals surface area contributed by atoms with Crippen molar-refractivity contribution in [2.45, 2.75) is 31.9 Å². The van der Waals surface area contributed by atoms with Gasteiger partial charge in [0.05, 0.1) is 12.7 Å². The Morgan fingerprint density at radius 1 is 1.77 bits per heavy atom. The first-order valence-corrected chi connectivity index (χ1v) is 5.95. The molecule has 2 N–H and O–H groups in total. The number of ether oxygens (including phenoxy) is 1. The van der Waals surface area contributed by atoms with Crippen molar-refractivity contribution in [2.75, 3.05) is 18.1 Å². The first-order valence-electron chi connectivity index (χ1n) is 4.79. The van der Waals surface area contributed by atoms with Crippen LogP contribution in [0.25, 0.3) is 0 Å². The van der Waals surface area contributed by atoms with Crippen molar-refractivity contribution in [3.8, 4) is 0 Å². The topological polar surface area (TPSA) is 35.2 Å². The second-order valence-electron chi connectivity index (χ2n) is 3.64. The monoisotopic (exact) mass is 201 g/mol. The average molecular weight is 201 g/mol. The summed E-state index contributed by atoms with van der Waals surface area (Å²) in [4.78, 5) is 0. The Morgan fingerprint density at radius 2 is 2.54 bits per heavy atom. The molecule has 1 fully saturated rings. The molecule has 2 unspecified atom stereocenters. The van der Waals surface area contributed by atoms with Crippen molar-refractivity contribution in [3.05, 3.63) is 12.2 Å². The molecule has 0 aromatic rings. The number of allylic oxidation sites excluding steroid dienone is 1. The molecule has 0 aromatic carbocycles. The maximum atomic E-state index is 6.02. The van der Waals surface area contributed by atoms with Crippen molar-refractivity contribution in [2.24, 2.45) is 5.73 Å². The molecule has 0 radical (unpaired) electrons. The van der Waals surface area contributed by atoms with Gasteiger partial charge in [-0.15, -0.1) is 6.58 Å². The molecule has 0 spiro atoms. The zero-order valence-electron chi connectivity index (χ0n) is 8.29. The molecule has 0 amide bonds. The highest BCUT2D eigenvalue weighted by atomic mass is 32.2. The van der Waals surface area contributed by atoms with Gasteiger partial charge < -0.3 is 10.5 Å². The maximum Gasteiger partial charge on any atom is 0.0816 e. The van der Waals surface area contributed by atoms with E-state index in [2.05, 4.69) is 6.58 Å². The van der Waals surface area contributed by atoms with Crippen LogP contribution in [0.2, 0.25) is 0 Å². The molecular formula is C10H19NOS. The van der Waals surface area contributed by atoms with Crippen LogP contribution in [0.1, 0.15) is 19.8 Å². The Balaban J connectivity index is 2.20. The van der Waals surface area contributed by atoms with Gasteiger partial charge in [-0.3, -0.25) is 0 Å². The average Bonchev–Trinajstić information content (AvgIpc) is 2.15. The third-order valence-corrected chi connectivity index (χ3v) is 3.24. The van der Waals surface area contributed by atoms with Crippen LogP contribution in [0, 0.1) is 0 Å². The third kappa shape index (κ3) is 4.16. The molecular weight excluding hydrogens is 182 g/mol. The number of thioether (sulfide) groups is 1. The maximum absolute atomic E-state index is 6.02. The number of hydrogen-bond donors (Lipinski definition) is 1. The van der Waals surface area contributed by atoms with Gasteiger partial charge in [0.25, 0.3) is 0 Å². The lowest BCUT2D eigenvalue weighted by Gasteiger charge is -2.27. The summed E-state index contributed by atoms with van der Waals surface area (Å²) in [5.74, 6) is 2.17. The van der Waals surface area contributed by atoms with Crippen LogP contribution in [-0.4, -0.2) is 30.3 Å². The second kappa shape index (κ2) is 5.68. The second-order valence-corrected chi connectivity index (χ2v) is 4.79. The van der Waals surface area contributed by atoms with Crippen LogP contribution in [0.15, 0.2) is 12.2 Å². The molecule has 2 nitrogen and oxygen atoms in total. The number of rotatable bonds is 4. The van der Waals surface area contributed by atoms with E-state index in [1.54, 1.807) is 0 Å². The standard InChI is InChI=1S/C10H19NOS/c1-8(2)3-4-9(11)10-7-13-6-5-12-10/h9-10H,1,3-7,11H2,2H3. The van der Waals surface area contributed by atoms with E-state index in [1.165, 1.54) is 5.57 Å². The molecule has 0 bridgehead atoms. The molecule has 1 saturated heterocycles. The van der Waals surface area contributed by atoms with Crippen LogP contribution in [-0.2, 0) is 4.74 Å². The first-order chi connectivity index (χ1) is 6.20. The van der Waals surface area contributed by atoms with Gasteiger partial charge in [-0.05, 0) is 19.8 Å². The highest BCUT2D eigenvalue weighted by Gasteiger charge is 2.20. The quantitative estimate of drug-likeness (QED) is 0.704. The van der Waals surface area contributed by atoms with Gasteiger partial charge >= 0.3 is 0 Å². The molecule has 0 aromatic heterocycles. The Bertz CT molecular complexity index is 166. The van der Waals surface area contributed by atoms with Crippen molar-refractivity contribution in [1.82, 2.24) is 0 Å². The van der Waals surface area contributed by atoms with Gasteiger partial charge in [0.2, 0.25) is 0 Å². The van der Waals surface area contributed by atoms with Gasteiger partial charge in [0, 0.05) is 17.5 Å². The summed E-state index contributed by atoms with van der Waals surface area (Å²) in [5, 5.41) is 0. The van der Waals surface area contributed by atoms with E-state index >= 15 is 0 Å². The van der Waals surface area contributed by atoms with Gasteiger partial charge in [0.1, 0.15) is 0 Å². The molecule has 3 heteroatoms. The fraction of sp³-hybridized carbons (Fsp3) is 0.800. The van der Waals surface area contributed by atoms with E-state index in [4.69, 9.17) is 10.5 Å². The van der Waals surface area contributed by atoms with E-state index in [-0.39, 0.29) is 12.1 Å². The highest BCUT2D eigenvalue weighted by molar-refractivity contribution is 7.99. The van der Waals surface area contributed by atoms with Gasteiger partial charge in [-0.1, -0.05) is 5.57 Å². The molecule has 1 aliphatic rings. The summed E-state index contributed by atoms with van der Waals surface area (Å²) >= 11 is 1.94. The van der Waals surface area contributed by atoms with Crippen molar-refractivity contribution >= 4 is 11.8 Å². The van der Waals surface area contributed by atoms with Crippen molar-refractivity contribution < 1.29 is 4.74 Å². The summed E-state index contributed by atoms with van der Waals surface area (Å²) in [6.07, 6.45) is 2.28. The molecule has 1 aliphatic heterocycles. The summed E-state index contributed by atoms with van der Waals surface area (Å²) in [7, 11) is 0. The van der Waals surface area contributed by atoms with Crippen LogP contribution in [0.3, 0.4) is 0 Å². The Kier molecular flexibility index (Phi) is 4.84. The minimum Gasteiger partial charge on any atom is -0.375 e. The predicted octanol–water partition coefficient (Wildman–Crippen LogP) is 1.80. The highest BCUT2D eigenvalue weighted by Crippen LogP contribution is 2.17. The van der Waals surface area contributed by atoms with Gasteiger partial charge in [-0.25, -0.2) is 0 Å². The minimum atomic E-state index is 0.185. The molecule has 1 rings (SSSR count). The van der Waals surface area contributed by atoms with Crippen molar-refractivity contribution in [1.29, 1.82) is 0 Å². The Labute approximate surface area is 84.9 Å². The van der Waals surface area contributed by atoms with E-state index in [1.807, 2.05) is 18.7 Å². The molecule has 13 heavy (non-hydrogen) atoms. The number of nitrogens with two attached hydrogens (primary N) is 1. The molecule has 1 heterocycles. The van der Waals surface area contributed by atoms with Crippen LogP contribution >= 0.6 is 11.8 Å². The predicted molar refractivity (Wildman–Crippen MR) is 59.1 cm³/mol. The summed E-state index contributed by atoms with van der Waals surface area (Å²) in [6, 6.07) is 0.185. The SMILES string of the molecule is C=C(C)CCC(N)C1CSCCO1. The minimum absolute atomic E-state index is 0.185. The molecule has 0 saturated carbocycles. The molecule has 2 atom stereocenters. The Morgan fingerprint density at radius 3 is 3.08 bits per heavy atom. The zero-order chi connectivity index (χ0) is 9.68. The lowest BCUT2D eigenvalue weighted by Crippen LogP contribution is -2.41.